The molecule has 0 bridgehead atoms. The van der Waals surface area contributed by atoms with E-state index in [9.17, 15) is 19.5 Å². The number of carbonyl (C=O) groups excluding carboxylic acids is 2. The number of aliphatic carboxylic acids is 1. The quantitative estimate of drug-likeness (QED) is 0.710. The number of rotatable bonds is 7. The summed E-state index contributed by atoms with van der Waals surface area (Å²) in [5, 5.41) is 14.6. The van der Waals surface area contributed by atoms with E-state index in [1.54, 1.807) is 51.1 Å². The Balaban J connectivity index is 2.42. The van der Waals surface area contributed by atoms with E-state index in [1.807, 2.05) is 0 Å². The fourth-order valence-corrected chi connectivity index (χ4v) is 1.89. The molecule has 3 N–H and O–H groups in total. The smallest absolute Gasteiger partial charge is 0.312 e. The van der Waals surface area contributed by atoms with Crippen LogP contribution in [0.25, 0.3) is 0 Å². The van der Waals surface area contributed by atoms with Gasteiger partial charge in [0.25, 0.3) is 0 Å². The topological polar surface area (TPSA) is 95.5 Å². The van der Waals surface area contributed by atoms with Gasteiger partial charge in [-0.1, -0.05) is 51.1 Å². The monoisotopic (exact) mass is 320 g/mol. The number of amides is 2. The molecule has 1 atom stereocenters. The summed E-state index contributed by atoms with van der Waals surface area (Å²) in [6.07, 6.45) is 0.114. The van der Waals surface area contributed by atoms with Gasteiger partial charge in [-0.25, -0.2) is 0 Å². The van der Waals surface area contributed by atoms with Gasteiger partial charge in [-0.2, -0.15) is 0 Å². The first-order chi connectivity index (χ1) is 10.7. The molecule has 0 spiro atoms. The van der Waals surface area contributed by atoms with Gasteiger partial charge in [-0.3, -0.25) is 14.4 Å². The highest BCUT2D eigenvalue weighted by Gasteiger charge is 2.22. The zero-order valence-corrected chi connectivity index (χ0v) is 13.8. The summed E-state index contributed by atoms with van der Waals surface area (Å²) in [6.45, 7) is 5.62. The van der Waals surface area contributed by atoms with Crippen LogP contribution in [0.3, 0.4) is 0 Å². The Morgan fingerprint density at radius 2 is 1.70 bits per heavy atom. The van der Waals surface area contributed by atoms with Gasteiger partial charge in [-0.05, 0) is 5.56 Å². The van der Waals surface area contributed by atoms with Crippen LogP contribution in [0.15, 0.2) is 30.3 Å². The van der Waals surface area contributed by atoms with Gasteiger partial charge in [0.2, 0.25) is 11.8 Å². The van der Waals surface area contributed by atoms with Crippen molar-refractivity contribution in [2.75, 3.05) is 13.1 Å². The van der Waals surface area contributed by atoms with Gasteiger partial charge in [0.05, 0.1) is 5.92 Å². The molecule has 2 amide bonds. The predicted octanol–water partition coefficient (Wildman–Crippen LogP) is 1.52. The second kappa shape index (κ2) is 8.31. The molecule has 1 aromatic carbocycles. The average molecular weight is 320 g/mol. The minimum absolute atomic E-state index is 0.0192. The van der Waals surface area contributed by atoms with Crippen molar-refractivity contribution >= 4 is 17.8 Å². The van der Waals surface area contributed by atoms with Crippen LogP contribution in [0, 0.1) is 5.41 Å². The van der Waals surface area contributed by atoms with E-state index in [4.69, 9.17) is 0 Å². The highest BCUT2D eigenvalue weighted by molar-refractivity contribution is 5.83. The Hall–Kier alpha value is -2.37. The maximum absolute atomic E-state index is 11.8. The second-order valence-corrected chi connectivity index (χ2v) is 6.36. The number of carbonyl (C=O) groups is 3. The Labute approximate surface area is 136 Å². The Morgan fingerprint density at radius 3 is 2.22 bits per heavy atom. The van der Waals surface area contributed by atoms with E-state index in [0.29, 0.717) is 5.56 Å². The number of carboxylic acids is 1. The molecule has 126 valence electrons. The van der Waals surface area contributed by atoms with Gasteiger partial charge in [-0.15, -0.1) is 0 Å². The summed E-state index contributed by atoms with van der Waals surface area (Å²) in [5.41, 5.74) is 0.138. The molecule has 1 rings (SSSR count). The van der Waals surface area contributed by atoms with Gasteiger partial charge in [0.1, 0.15) is 0 Å². The molecule has 0 fully saturated rings. The zero-order chi connectivity index (χ0) is 17.5. The van der Waals surface area contributed by atoms with Crippen LogP contribution < -0.4 is 10.6 Å². The normalized spacial score (nSPS) is 12.3. The lowest BCUT2D eigenvalue weighted by Crippen LogP contribution is -2.38. The third kappa shape index (κ3) is 6.50. The van der Waals surface area contributed by atoms with Crippen molar-refractivity contribution in [1.29, 1.82) is 0 Å². The van der Waals surface area contributed by atoms with Gasteiger partial charge in [0, 0.05) is 24.9 Å². The lowest BCUT2D eigenvalue weighted by Gasteiger charge is -2.17. The van der Waals surface area contributed by atoms with Crippen molar-refractivity contribution in [2.45, 2.75) is 33.1 Å². The van der Waals surface area contributed by atoms with Crippen molar-refractivity contribution in [1.82, 2.24) is 10.6 Å². The molecule has 23 heavy (non-hydrogen) atoms. The summed E-state index contributed by atoms with van der Waals surface area (Å²) in [5.74, 6) is -2.19. The minimum atomic E-state index is -0.988. The molecule has 0 radical (unpaired) electrons. The molecule has 6 nitrogen and oxygen atoms in total. The van der Waals surface area contributed by atoms with E-state index < -0.39 is 17.3 Å². The summed E-state index contributed by atoms with van der Waals surface area (Å²) in [4.78, 5) is 34.8. The third-order valence-corrected chi connectivity index (χ3v) is 3.32. The molecular formula is C17H24N2O4. The molecule has 1 aromatic rings. The fraction of sp³-hybridized carbons (Fsp3) is 0.471. The molecule has 0 heterocycles. The van der Waals surface area contributed by atoms with Gasteiger partial charge < -0.3 is 15.7 Å². The number of carboxylic acid groups (broad SMARTS) is 1. The van der Waals surface area contributed by atoms with Gasteiger partial charge >= 0.3 is 5.97 Å². The maximum Gasteiger partial charge on any atom is 0.312 e. The van der Waals surface area contributed by atoms with E-state index in [2.05, 4.69) is 10.6 Å². The average Bonchev–Trinajstić information content (AvgIpc) is 2.47. The van der Waals surface area contributed by atoms with Crippen molar-refractivity contribution < 1.29 is 19.5 Å². The molecule has 1 unspecified atom stereocenters. The summed E-state index contributed by atoms with van der Waals surface area (Å²) < 4.78 is 0. The Morgan fingerprint density at radius 1 is 1.09 bits per heavy atom. The molecular weight excluding hydrogens is 296 g/mol. The van der Waals surface area contributed by atoms with Crippen LogP contribution in [0.1, 0.15) is 38.7 Å². The third-order valence-electron chi connectivity index (χ3n) is 3.32. The Bertz CT molecular complexity index is 549. The molecule has 0 aliphatic rings. The lowest BCUT2D eigenvalue weighted by molar-refractivity contribution is -0.138. The van der Waals surface area contributed by atoms with Crippen LogP contribution in [0.2, 0.25) is 0 Å². The fourth-order valence-electron chi connectivity index (χ4n) is 1.89. The number of benzene rings is 1. The first-order valence-electron chi connectivity index (χ1n) is 7.54. The van der Waals surface area contributed by atoms with E-state index in [1.165, 1.54) is 0 Å². The highest BCUT2D eigenvalue weighted by Crippen LogP contribution is 2.15. The standard InChI is InChI=1S/C17H24N2O4/c1-17(2,3)16(23)18-10-9-14(20)19-11-13(15(21)22)12-7-5-4-6-8-12/h4-8,13H,9-11H2,1-3H3,(H,18,23)(H,19,20)(H,21,22). The maximum atomic E-state index is 11.8. The van der Waals surface area contributed by atoms with Crippen LogP contribution in [-0.4, -0.2) is 36.0 Å². The predicted molar refractivity (Wildman–Crippen MR) is 86.9 cm³/mol. The van der Waals surface area contributed by atoms with Crippen LogP contribution in [0.4, 0.5) is 0 Å². The highest BCUT2D eigenvalue weighted by atomic mass is 16.4. The van der Waals surface area contributed by atoms with E-state index in [0.717, 1.165) is 0 Å². The van der Waals surface area contributed by atoms with Crippen molar-refractivity contribution in [3.8, 4) is 0 Å². The summed E-state index contributed by atoms with van der Waals surface area (Å²) in [7, 11) is 0. The minimum Gasteiger partial charge on any atom is -0.481 e. The molecule has 0 saturated heterocycles. The first-order valence-corrected chi connectivity index (χ1v) is 7.54. The number of nitrogens with one attached hydrogen (secondary N) is 2. The van der Waals surface area contributed by atoms with Crippen LogP contribution >= 0.6 is 0 Å². The SMILES string of the molecule is CC(C)(C)C(=O)NCCC(=O)NCC(C(=O)O)c1ccccc1. The lowest BCUT2D eigenvalue weighted by atomic mass is 9.96. The zero-order valence-electron chi connectivity index (χ0n) is 13.8. The largest absolute Gasteiger partial charge is 0.481 e. The van der Waals surface area contributed by atoms with E-state index in [-0.39, 0.29) is 31.3 Å². The first kappa shape index (κ1) is 18.7. The summed E-state index contributed by atoms with van der Waals surface area (Å²) in [6, 6.07) is 8.76. The number of hydrogen-bond donors (Lipinski definition) is 3. The van der Waals surface area contributed by atoms with Gasteiger partial charge in [0.15, 0.2) is 0 Å². The molecule has 0 saturated carbocycles. The number of hydrogen-bond acceptors (Lipinski definition) is 3. The van der Waals surface area contributed by atoms with E-state index >= 15 is 0 Å². The van der Waals surface area contributed by atoms with Crippen LogP contribution in [0.5, 0.6) is 0 Å². The molecule has 0 aliphatic heterocycles. The molecule has 6 heteroatoms. The Kier molecular flexibility index (Phi) is 6.75. The summed E-state index contributed by atoms with van der Waals surface area (Å²) >= 11 is 0. The van der Waals surface area contributed by atoms with Crippen molar-refractivity contribution in [3.05, 3.63) is 35.9 Å². The van der Waals surface area contributed by atoms with Crippen molar-refractivity contribution in [2.24, 2.45) is 5.41 Å². The molecule has 0 aromatic heterocycles. The second-order valence-electron chi connectivity index (χ2n) is 6.36. The van der Waals surface area contributed by atoms with Crippen molar-refractivity contribution in [3.63, 3.8) is 0 Å². The van der Waals surface area contributed by atoms with Crippen LogP contribution in [-0.2, 0) is 14.4 Å². The molecule has 0 aliphatic carbocycles.